The van der Waals surface area contributed by atoms with Gasteiger partial charge in [0.1, 0.15) is 6.61 Å². The second kappa shape index (κ2) is 25.0. The van der Waals surface area contributed by atoms with Crippen molar-refractivity contribution in [1.82, 2.24) is 34.9 Å². The number of unbranched alkanes of at least 4 members (excludes halogenated alkanes) is 2. The zero-order chi connectivity index (χ0) is 61.1. The first-order chi connectivity index (χ1) is 41.8. The predicted molar refractivity (Wildman–Crippen MR) is 332 cm³/mol. The summed E-state index contributed by atoms with van der Waals surface area (Å²) in [6, 6.07) is 24.2. The van der Waals surface area contributed by atoms with E-state index < -0.39 is 12.1 Å². The van der Waals surface area contributed by atoms with E-state index in [1.165, 1.54) is 33.3 Å². The normalized spacial score (nSPS) is 21.8. The number of likely N-dealkylation sites (N-methyl/N-ethyl adjacent to an activating group) is 1. The number of urea groups is 1. The van der Waals surface area contributed by atoms with Gasteiger partial charge in [-0.15, -0.1) is 0 Å². The van der Waals surface area contributed by atoms with E-state index in [2.05, 4.69) is 34.8 Å². The topological polar surface area (TPSA) is 248 Å². The van der Waals surface area contributed by atoms with Gasteiger partial charge in [0.25, 0.3) is 11.8 Å². The minimum atomic E-state index is -1.15. The van der Waals surface area contributed by atoms with Crippen LogP contribution < -0.4 is 20.9 Å². The largest absolute Gasteiger partial charge is 0.476 e. The molecule has 4 N–H and O–H groups in total. The Morgan fingerprint density at radius 3 is 2.40 bits per heavy atom. The Bertz CT molecular complexity index is 3670. The molecular weight excluding hydrogens is 1120 g/mol. The fourth-order valence-electron chi connectivity index (χ4n) is 15.0. The van der Waals surface area contributed by atoms with Gasteiger partial charge >= 0.3 is 18.1 Å². The maximum absolute atomic E-state index is 13.8. The highest BCUT2D eigenvalue weighted by Gasteiger charge is 2.66. The lowest BCUT2D eigenvalue weighted by molar-refractivity contribution is -0.248. The van der Waals surface area contributed by atoms with Gasteiger partial charge in [-0.2, -0.15) is 5.10 Å². The number of pyridine rings is 1. The van der Waals surface area contributed by atoms with E-state index in [9.17, 15) is 38.7 Å². The molecule has 4 saturated carbocycles. The fraction of sp³-hybridized carbons (Fsp3) is 0.424. The van der Waals surface area contributed by atoms with E-state index in [1.54, 1.807) is 36.4 Å². The zero-order valence-corrected chi connectivity index (χ0v) is 50.5. The number of aromatic carboxylic acids is 1. The Balaban J connectivity index is 0.654. The standard InChI is InChI=1S/C66H74N10O10S/c1-43-49(48-22-23-50(70-58(48)59(81)82)46-21-20-45-15-11-29-74(52(45)34-46)61(83)72-60-71-51-17-7-8-18-53(51)87-60)35-68-76(43)42-65-37-63(2)36-64(3,38-65)40-66(39-63,41-65)86-32-30-73(4)62(84)85-31-12-14-44-13-10-16-47(33-44)69-55(78)26-27-67-54(77)19-6-5-9-28-75-56(79)24-25-57(75)80/h7-8,10,12-14,16-18,20-25,33-35H,5-6,9,11,15,19,26-32,36-42H2,1-4H3,(H,67,77)(H,69,78)(H,81,82)(H,71,72,83)/b14-12+. The lowest BCUT2D eigenvalue weighted by atomic mass is 9.39. The van der Waals surface area contributed by atoms with Gasteiger partial charge in [0.2, 0.25) is 11.8 Å². The van der Waals surface area contributed by atoms with Crippen molar-refractivity contribution in [2.45, 2.75) is 116 Å². The Hall–Kier alpha value is -8.56. The monoisotopic (exact) mass is 1200 g/mol. The molecular formula is C66H74N10O10S. The van der Waals surface area contributed by atoms with Crippen molar-refractivity contribution in [3.05, 3.63) is 126 Å². The third-order valence-electron chi connectivity index (χ3n) is 17.7. The van der Waals surface area contributed by atoms with E-state index >= 15 is 0 Å². The second-order valence-electron chi connectivity index (χ2n) is 25.1. The summed E-state index contributed by atoms with van der Waals surface area (Å²) < 4.78 is 15.6. The Kier molecular flexibility index (Phi) is 17.3. The van der Waals surface area contributed by atoms with Crippen molar-refractivity contribution >= 4 is 85.9 Å². The maximum atomic E-state index is 13.8. The van der Waals surface area contributed by atoms with E-state index in [-0.39, 0.29) is 83.2 Å². The number of benzene rings is 3. The average molecular weight is 1200 g/mol. The average Bonchev–Trinajstić information content (AvgIpc) is 1.07. The summed E-state index contributed by atoms with van der Waals surface area (Å²) in [4.78, 5) is 102. The van der Waals surface area contributed by atoms with Crippen LogP contribution in [0.2, 0.25) is 0 Å². The molecule has 0 radical (unpaired) electrons. The van der Waals surface area contributed by atoms with E-state index in [0.717, 1.165) is 84.1 Å². The highest BCUT2D eigenvalue weighted by Crippen LogP contribution is 2.72. The minimum Gasteiger partial charge on any atom is -0.476 e. The number of para-hydroxylation sites is 1. The van der Waals surface area contributed by atoms with Crippen LogP contribution in [0.1, 0.15) is 118 Å². The summed E-state index contributed by atoms with van der Waals surface area (Å²) in [6.07, 6.45) is 17.1. The molecule has 12 rings (SSSR count). The van der Waals surface area contributed by atoms with Crippen LogP contribution in [0.5, 0.6) is 0 Å². The number of hydrogen-bond donors (Lipinski definition) is 4. The summed E-state index contributed by atoms with van der Waals surface area (Å²) in [7, 11) is 1.70. The molecule has 6 aromatic rings. The number of carbonyl (C=O) groups is 7. The molecule has 87 heavy (non-hydrogen) atoms. The number of nitrogens with zero attached hydrogens (tertiary/aromatic N) is 7. The van der Waals surface area contributed by atoms with Gasteiger partial charge in [0, 0.05) is 98.5 Å². The first kappa shape index (κ1) is 60.1. The summed E-state index contributed by atoms with van der Waals surface area (Å²) in [5.74, 6) is -2.19. The van der Waals surface area contributed by atoms with Gasteiger partial charge in [-0.3, -0.25) is 39.0 Å². The number of carbonyl (C=O) groups excluding carboxylic acids is 6. The number of thiazole rings is 1. The Labute approximate surface area is 509 Å². The lowest BCUT2D eigenvalue weighted by Crippen LogP contribution is -2.64. The first-order valence-electron chi connectivity index (χ1n) is 30.0. The second-order valence-corrected chi connectivity index (χ2v) is 26.1. The van der Waals surface area contributed by atoms with E-state index in [0.29, 0.717) is 85.3 Å². The van der Waals surface area contributed by atoms with Crippen LogP contribution in [0.25, 0.3) is 38.7 Å². The van der Waals surface area contributed by atoms with Crippen molar-refractivity contribution in [2.24, 2.45) is 16.2 Å². The molecule has 0 spiro atoms. The van der Waals surface area contributed by atoms with Crippen molar-refractivity contribution in [1.29, 1.82) is 0 Å². The third kappa shape index (κ3) is 13.7. The number of amides is 7. The Morgan fingerprint density at radius 1 is 0.828 bits per heavy atom. The zero-order valence-electron chi connectivity index (χ0n) is 49.7. The number of anilines is 3. The summed E-state index contributed by atoms with van der Waals surface area (Å²) in [5.41, 5.74) is 6.71. The summed E-state index contributed by atoms with van der Waals surface area (Å²) in [6.45, 7) is 9.18. The molecule has 4 aliphatic carbocycles. The summed E-state index contributed by atoms with van der Waals surface area (Å²) >= 11 is 1.42. The van der Waals surface area contributed by atoms with Crippen LogP contribution in [-0.2, 0) is 41.6 Å². The number of imide groups is 1. The van der Waals surface area contributed by atoms with Crippen LogP contribution in [0.3, 0.4) is 0 Å². The van der Waals surface area contributed by atoms with Crippen molar-refractivity contribution in [3.63, 3.8) is 0 Å². The molecule has 7 amide bonds. The molecule has 454 valence electrons. The van der Waals surface area contributed by atoms with Crippen molar-refractivity contribution in [3.8, 4) is 22.4 Å². The van der Waals surface area contributed by atoms with E-state index in [4.69, 9.17) is 19.6 Å². The number of carboxylic acid groups (broad SMARTS) is 1. The number of nitrogens with one attached hydrogen (secondary N) is 3. The van der Waals surface area contributed by atoms with Crippen LogP contribution in [-0.4, -0.2) is 128 Å². The molecule has 21 heteroatoms. The van der Waals surface area contributed by atoms with Gasteiger partial charge < -0.3 is 30.1 Å². The predicted octanol–water partition coefficient (Wildman–Crippen LogP) is 11.1. The highest BCUT2D eigenvalue weighted by molar-refractivity contribution is 7.22. The van der Waals surface area contributed by atoms with Crippen molar-refractivity contribution in [2.75, 3.05) is 62.0 Å². The first-order valence-corrected chi connectivity index (χ1v) is 30.8. The van der Waals surface area contributed by atoms with Gasteiger partial charge in [-0.25, -0.2) is 24.4 Å². The SMILES string of the molecule is Cc1c(-c2ccc(-c3ccc4c(c3)N(C(=O)Nc3nc5ccccc5s3)CCC4)nc2C(=O)O)cnn1CC12CC3(C)CC(C)(C1)CC(OCCN(C)C(=O)OC/C=C/c1cccc(NC(=O)CCNC(=O)CCCCCN4C(=O)C=CC4=O)c1)(C3)C2. The fourth-order valence-corrected chi connectivity index (χ4v) is 15.9. The van der Waals surface area contributed by atoms with Crippen LogP contribution in [0, 0.1) is 23.2 Å². The third-order valence-corrected chi connectivity index (χ3v) is 18.6. The number of rotatable bonds is 23. The van der Waals surface area contributed by atoms with Gasteiger partial charge in [-0.1, -0.05) is 74.1 Å². The van der Waals surface area contributed by atoms with Gasteiger partial charge in [0.15, 0.2) is 10.8 Å². The number of aryl methyl sites for hydroxylation is 1. The van der Waals surface area contributed by atoms with E-state index in [1.807, 2.05) is 84.4 Å². The van der Waals surface area contributed by atoms with Crippen LogP contribution >= 0.6 is 11.3 Å². The minimum absolute atomic E-state index is 0.0389. The smallest absolute Gasteiger partial charge is 0.409 e. The molecule has 2 aliphatic heterocycles. The molecule has 20 nitrogen and oxygen atoms in total. The molecule has 0 saturated heterocycles. The Morgan fingerprint density at radius 2 is 1.62 bits per heavy atom. The van der Waals surface area contributed by atoms with Gasteiger partial charge in [0.05, 0.1) is 34.3 Å². The number of hydrogen-bond acceptors (Lipinski definition) is 13. The van der Waals surface area contributed by atoms with Gasteiger partial charge in [-0.05, 0) is 147 Å². The lowest BCUT2D eigenvalue weighted by Gasteiger charge is -2.69. The number of fused-ring (bicyclic) bond motifs is 2. The molecule has 4 bridgehead atoms. The molecule has 5 heterocycles. The van der Waals surface area contributed by atoms with Crippen LogP contribution in [0.4, 0.5) is 26.1 Å². The molecule has 4 fully saturated rings. The number of ether oxygens (including phenoxy) is 2. The molecule has 3 aromatic carbocycles. The molecule has 2 atom stereocenters. The number of aromatic nitrogens is 4. The maximum Gasteiger partial charge on any atom is 0.409 e. The number of carboxylic acids is 1. The highest BCUT2D eigenvalue weighted by atomic mass is 32.1. The molecule has 6 aliphatic rings. The molecule has 2 unspecified atom stereocenters. The molecule has 3 aromatic heterocycles. The van der Waals surface area contributed by atoms with Crippen LogP contribution in [0.15, 0.2) is 103 Å². The van der Waals surface area contributed by atoms with Crippen molar-refractivity contribution < 1.29 is 48.1 Å². The summed E-state index contributed by atoms with van der Waals surface area (Å²) in [5, 5.41) is 24.8. The quantitative estimate of drug-likeness (QED) is 0.0345.